The normalized spacial score (nSPS) is 11.7. The standard InChI is InChI=1S/C14H20N4O2S/c1-15-10-12-2-4-13(5-3-12)11-21(19,20)18-7-6-14-16-8-9-17-14/h2-5,8-9,15,18H,6-7,10-11H2,1H3,(H,16,17). The Morgan fingerprint density at radius 3 is 2.52 bits per heavy atom. The summed E-state index contributed by atoms with van der Waals surface area (Å²) in [5.41, 5.74) is 1.91. The lowest BCUT2D eigenvalue weighted by atomic mass is 10.1. The first-order valence-corrected chi connectivity index (χ1v) is 8.42. The van der Waals surface area contributed by atoms with Crippen LogP contribution >= 0.6 is 0 Å². The fraction of sp³-hybridized carbons (Fsp3) is 0.357. The van der Waals surface area contributed by atoms with Gasteiger partial charge in [0.2, 0.25) is 10.0 Å². The number of rotatable bonds is 8. The first-order chi connectivity index (χ1) is 10.1. The van der Waals surface area contributed by atoms with Gasteiger partial charge < -0.3 is 10.3 Å². The summed E-state index contributed by atoms with van der Waals surface area (Å²) in [5.74, 6) is 0.763. The molecule has 1 aromatic heterocycles. The Labute approximate surface area is 125 Å². The molecule has 0 fully saturated rings. The highest BCUT2D eigenvalue weighted by Gasteiger charge is 2.11. The lowest BCUT2D eigenvalue weighted by Crippen LogP contribution is -2.27. The molecule has 6 nitrogen and oxygen atoms in total. The van der Waals surface area contributed by atoms with E-state index in [1.165, 1.54) is 0 Å². The fourth-order valence-electron chi connectivity index (χ4n) is 1.99. The predicted molar refractivity (Wildman–Crippen MR) is 82.1 cm³/mol. The van der Waals surface area contributed by atoms with E-state index in [2.05, 4.69) is 20.0 Å². The van der Waals surface area contributed by atoms with Crippen molar-refractivity contribution in [3.63, 3.8) is 0 Å². The van der Waals surface area contributed by atoms with Gasteiger partial charge in [0.05, 0.1) is 5.75 Å². The van der Waals surface area contributed by atoms with E-state index in [-0.39, 0.29) is 5.75 Å². The van der Waals surface area contributed by atoms with Crippen LogP contribution in [0.1, 0.15) is 17.0 Å². The topological polar surface area (TPSA) is 86.9 Å². The second-order valence-electron chi connectivity index (χ2n) is 4.79. The Balaban J connectivity index is 1.85. The second-order valence-corrected chi connectivity index (χ2v) is 6.59. The maximum absolute atomic E-state index is 12.0. The van der Waals surface area contributed by atoms with Crippen LogP contribution in [-0.4, -0.2) is 32.0 Å². The third-order valence-electron chi connectivity index (χ3n) is 3.00. The van der Waals surface area contributed by atoms with Gasteiger partial charge in [-0.3, -0.25) is 0 Å². The Hall–Kier alpha value is -1.70. The first-order valence-electron chi connectivity index (χ1n) is 6.77. The SMILES string of the molecule is CNCc1ccc(CS(=O)(=O)NCCc2ncc[nH]2)cc1. The van der Waals surface area contributed by atoms with E-state index in [0.29, 0.717) is 13.0 Å². The van der Waals surface area contributed by atoms with Gasteiger partial charge in [0, 0.05) is 31.9 Å². The number of H-pyrrole nitrogens is 1. The quantitative estimate of drug-likeness (QED) is 0.673. The lowest BCUT2D eigenvalue weighted by Gasteiger charge is -2.07. The van der Waals surface area contributed by atoms with Gasteiger partial charge in [-0.25, -0.2) is 18.1 Å². The van der Waals surface area contributed by atoms with E-state index >= 15 is 0 Å². The van der Waals surface area contributed by atoms with E-state index in [0.717, 1.165) is 23.5 Å². The van der Waals surface area contributed by atoms with Crippen molar-refractivity contribution in [2.24, 2.45) is 0 Å². The van der Waals surface area contributed by atoms with Crippen LogP contribution in [0.15, 0.2) is 36.7 Å². The van der Waals surface area contributed by atoms with E-state index in [1.54, 1.807) is 12.4 Å². The maximum Gasteiger partial charge on any atom is 0.215 e. The number of aromatic nitrogens is 2. The van der Waals surface area contributed by atoms with Crippen molar-refractivity contribution in [1.29, 1.82) is 0 Å². The summed E-state index contributed by atoms with van der Waals surface area (Å²) in [7, 11) is -1.44. The van der Waals surface area contributed by atoms with E-state index in [9.17, 15) is 8.42 Å². The van der Waals surface area contributed by atoms with Crippen molar-refractivity contribution < 1.29 is 8.42 Å². The molecule has 114 valence electrons. The minimum Gasteiger partial charge on any atom is -0.349 e. The molecule has 0 aliphatic heterocycles. The smallest absolute Gasteiger partial charge is 0.215 e. The number of benzene rings is 1. The predicted octanol–water partition coefficient (Wildman–Crippen LogP) is 0.791. The summed E-state index contributed by atoms with van der Waals surface area (Å²) in [6.07, 6.45) is 3.92. The molecule has 0 amide bonds. The summed E-state index contributed by atoms with van der Waals surface area (Å²) in [5, 5.41) is 3.05. The van der Waals surface area contributed by atoms with Crippen LogP contribution in [0.25, 0.3) is 0 Å². The Kier molecular flexibility index (Phi) is 5.49. The monoisotopic (exact) mass is 308 g/mol. The number of imidazole rings is 1. The zero-order valence-corrected chi connectivity index (χ0v) is 12.8. The molecule has 0 unspecified atom stereocenters. The van der Waals surface area contributed by atoms with Crippen LogP contribution in [0.2, 0.25) is 0 Å². The molecule has 0 saturated carbocycles. The molecule has 0 aliphatic rings. The fourth-order valence-corrected chi connectivity index (χ4v) is 3.13. The van der Waals surface area contributed by atoms with Crippen molar-refractivity contribution >= 4 is 10.0 Å². The number of nitrogens with one attached hydrogen (secondary N) is 3. The maximum atomic E-state index is 12.0. The molecule has 3 N–H and O–H groups in total. The average Bonchev–Trinajstić information content (AvgIpc) is 2.94. The Morgan fingerprint density at radius 1 is 1.19 bits per heavy atom. The minimum atomic E-state index is -3.32. The van der Waals surface area contributed by atoms with Gasteiger partial charge in [0.1, 0.15) is 5.82 Å². The first kappa shape index (κ1) is 15.7. The molecule has 7 heteroatoms. The van der Waals surface area contributed by atoms with Crippen molar-refractivity contribution in [3.8, 4) is 0 Å². The molecule has 2 rings (SSSR count). The molecular formula is C14H20N4O2S. The van der Waals surface area contributed by atoms with Crippen LogP contribution in [0, 0.1) is 0 Å². The van der Waals surface area contributed by atoms with Crippen LogP contribution in [0.5, 0.6) is 0 Å². The summed E-state index contributed by atoms with van der Waals surface area (Å²) in [6, 6.07) is 7.56. The van der Waals surface area contributed by atoms with Crippen LogP contribution in [0.4, 0.5) is 0 Å². The highest BCUT2D eigenvalue weighted by atomic mass is 32.2. The molecule has 0 spiro atoms. The number of hydrogen-bond donors (Lipinski definition) is 3. The highest BCUT2D eigenvalue weighted by Crippen LogP contribution is 2.07. The third kappa shape index (κ3) is 5.30. The largest absolute Gasteiger partial charge is 0.349 e. The van der Waals surface area contributed by atoms with Crippen molar-refractivity contribution in [2.75, 3.05) is 13.6 Å². The molecule has 0 saturated heterocycles. The zero-order valence-electron chi connectivity index (χ0n) is 12.0. The molecule has 1 heterocycles. The summed E-state index contributed by atoms with van der Waals surface area (Å²) in [4.78, 5) is 6.99. The van der Waals surface area contributed by atoms with Crippen LogP contribution < -0.4 is 10.0 Å². The molecule has 0 radical (unpaired) electrons. The van der Waals surface area contributed by atoms with Gasteiger partial charge in [-0.15, -0.1) is 0 Å². The van der Waals surface area contributed by atoms with E-state index in [1.807, 2.05) is 31.3 Å². The van der Waals surface area contributed by atoms with Gasteiger partial charge in [-0.1, -0.05) is 24.3 Å². The number of aromatic amines is 1. The van der Waals surface area contributed by atoms with Crippen molar-refractivity contribution in [2.45, 2.75) is 18.7 Å². The molecule has 21 heavy (non-hydrogen) atoms. The zero-order chi connectivity index (χ0) is 15.1. The van der Waals surface area contributed by atoms with E-state index < -0.39 is 10.0 Å². The molecule has 0 bridgehead atoms. The molecule has 0 atom stereocenters. The van der Waals surface area contributed by atoms with Gasteiger partial charge in [-0.2, -0.15) is 0 Å². The Morgan fingerprint density at radius 2 is 1.90 bits per heavy atom. The van der Waals surface area contributed by atoms with Gasteiger partial charge in [0.15, 0.2) is 0 Å². The Bertz CT molecular complexity index is 636. The number of sulfonamides is 1. The van der Waals surface area contributed by atoms with Crippen LogP contribution in [0.3, 0.4) is 0 Å². The van der Waals surface area contributed by atoms with Crippen LogP contribution in [-0.2, 0) is 28.7 Å². The number of nitrogens with zero attached hydrogens (tertiary/aromatic N) is 1. The minimum absolute atomic E-state index is 0.00894. The summed E-state index contributed by atoms with van der Waals surface area (Å²) in [6.45, 7) is 1.11. The third-order valence-corrected chi connectivity index (χ3v) is 4.36. The highest BCUT2D eigenvalue weighted by molar-refractivity contribution is 7.88. The second kappa shape index (κ2) is 7.35. The molecule has 2 aromatic rings. The van der Waals surface area contributed by atoms with Crippen molar-refractivity contribution in [1.82, 2.24) is 20.0 Å². The lowest BCUT2D eigenvalue weighted by molar-refractivity contribution is 0.580. The molecule has 0 aliphatic carbocycles. The van der Waals surface area contributed by atoms with Gasteiger partial charge in [0.25, 0.3) is 0 Å². The van der Waals surface area contributed by atoms with E-state index in [4.69, 9.17) is 0 Å². The van der Waals surface area contributed by atoms with Crippen molar-refractivity contribution in [3.05, 3.63) is 53.6 Å². The number of hydrogen-bond acceptors (Lipinski definition) is 4. The van der Waals surface area contributed by atoms with Gasteiger partial charge >= 0.3 is 0 Å². The summed E-state index contributed by atoms with van der Waals surface area (Å²) < 4.78 is 26.6. The molecular weight excluding hydrogens is 288 g/mol. The summed E-state index contributed by atoms with van der Waals surface area (Å²) >= 11 is 0. The average molecular weight is 308 g/mol. The van der Waals surface area contributed by atoms with Gasteiger partial charge in [-0.05, 0) is 18.2 Å². The molecule has 1 aromatic carbocycles.